The first-order chi connectivity index (χ1) is 16.4. The number of carbonyl (C=O) groups is 1. The summed E-state index contributed by atoms with van der Waals surface area (Å²) >= 11 is 0. The minimum absolute atomic E-state index is 0.0369. The van der Waals surface area contributed by atoms with Gasteiger partial charge in [-0.15, -0.1) is 0 Å². The van der Waals surface area contributed by atoms with E-state index in [0.29, 0.717) is 24.4 Å². The van der Waals surface area contributed by atoms with Gasteiger partial charge < -0.3 is 4.74 Å². The number of aromatic nitrogens is 3. The maximum atomic E-state index is 14.3. The fourth-order valence-electron chi connectivity index (χ4n) is 3.43. The number of unbranched alkanes of at least 4 members (excludes halogenated alkanes) is 1. The van der Waals surface area contributed by atoms with Gasteiger partial charge in [-0.2, -0.15) is 0 Å². The average molecular weight is 482 g/mol. The first-order valence-electron chi connectivity index (χ1n) is 11.0. The fraction of sp³-hybridized carbons (Fsp3) is 0.240. The number of fused-ring (bicyclic) bond motifs is 1. The molecule has 2 aromatic carbocycles. The Kier molecular flexibility index (Phi) is 7.02. The molecule has 0 aliphatic rings. The quantitative estimate of drug-likeness (QED) is 0.241. The summed E-state index contributed by atoms with van der Waals surface area (Å²) in [7, 11) is -3.89. The maximum absolute atomic E-state index is 14.3. The molecular formula is C25H24FN3O4S. The second-order valence-electron chi connectivity index (χ2n) is 7.84. The molecule has 7 nitrogen and oxygen atoms in total. The number of ketones is 1. The van der Waals surface area contributed by atoms with E-state index in [0.717, 1.165) is 24.5 Å². The van der Waals surface area contributed by atoms with Gasteiger partial charge in [0.25, 0.3) is 0 Å². The highest BCUT2D eigenvalue weighted by molar-refractivity contribution is 7.91. The van der Waals surface area contributed by atoms with Crippen molar-refractivity contribution in [1.82, 2.24) is 14.4 Å². The third kappa shape index (κ3) is 5.14. The number of rotatable bonds is 10. The lowest BCUT2D eigenvalue weighted by molar-refractivity contribution is 0.0982. The largest absolute Gasteiger partial charge is 0.491 e. The Morgan fingerprint density at radius 3 is 2.59 bits per heavy atom. The van der Waals surface area contributed by atoms with Gasteiger partial charge >= 0.3 is 0 Å². The molecule has 0 aliphatic heterocycles. The first-order valence-corrected chi connectivity index (χ1v) is 12.4. The summed E-state index contributed by atoms with van der Waals surface area (Å²) in [6, 6.07) is 9.93. The van der Waals surface area contributed by atoms with Gasteiger partial charge in [-0.05, 0) is 48.7 Å². The number of hydrogen-bond donors (Lipinski definition) is 0. The van der Waals surface area contributed by atoms with E-state index in [1.165, 1.54) is 30.5 Å². The van der Waals surface area contributed by atoms with Crippen LogP contribution < -0.4 is 4.74 Å². The van der Waals surface area contributed by atoms with Crippen LogP contribution in [0.1, 0.15) is 42.1 Å². The van der Waals surface area contributed by atoms with Crippen LogP contribution in [0.5, 0.6) is 5.75 Å². The van der Waals surface area contributed by atoms with E-state index in [-0.39, 0.29) is 27.7 Å². The molecule has 0 saturated heterocycles. The Morgan fingerprint density at radius 1 is 1.09 bits per heavy atom. The predicted molar refractivity (Wildman–Crippen MR) is 124 cm³/mol. The lowest BCUT2D eigenvalue weighted by atomic mass is 10.0. The van der Waals surface area contributed by atoms with Crippen molar-refractivity contribution in [3.05, 3.63) is 84.2 Å². The van der Waals surface area contributed by atoms with Gasteiger partial charge in [0.1, 0.15) is 0 Å². The zero-order chi connectivity index (χ0) is 24.1. The maximum Gasteiger partial charge on any atom is 0.233 e. The van der Waals surface area contributed by atoms with Crippen molar-refractivity contribution in [3.63, 3.8) is 0 Å². The van der Waals surface area contributed by atoms with E-state index in [4.69, 9.17) is 4.74 Å². The molecule has 2 heterocycles. The zero-order valence-corrected chi connectivity index (χ0v) is 19.5. The smallest absolute Gasteiger partial charge is 0.233 e. The van der Waals surface area contributed by atoms with Crippen molar-refractivity contribution in [2.45, 2.75) is 42.4 Å². The van der Waals surface area contributed by atoms with Crippen LogP contribution >= 0.6 is 0 Å². The molecule has 2 aromatic heterocycles. The van der Waals surface area contributed by atoms with Crippen molar-refractivity contribution in [3.8, 4) is 5.75 Å². The van der Waals surface area contributed by atoms with Crippen LogP contribution in [0.2, 0.25) is 0 Å². The summed E-state index contributed by atoms with van der Waals surface area (Å²) in [5, 5.41) is 0. The molecule has 0 radical (unpaired) electrons. The Bertz CT molecular complexity index is 1420. The summed E-state index contributed by atoms with van der Waals surface area (Å²) < 4.78 is 47.2. The Labute approximate surface area is 197 Å². The molecule has 0 unspecified atom stereocenters. The summed E-state index contributed by atoms with van der Waals surface area (Å²) in [4.78, 5) is 20.6. The zero-order valence-electron chi connectivity index (χ0n) is 18.6. The summed E-state index contributed by atoms with van der Waals surface area (Å²) in [5.74, 6) is -0.228. The number of Topliss-reactive ketones (excluding diaryl/α,β-unsaturated/α-hetero) is 1. The summed E-state index contributed by atoms with van der Waals surface area (Å²) in [6.45, 7) is 2.37. The molecule has 0 spiro atoms. The SMILES string of the molecule is CCCCOc1ccc(S(=O)(=O)c2ccc(CCC(=O)c3cnc4nccn4c3)cc2)cc1F. The van der Waals surface area contributed by atoms with Crippen LogP contribution in [0.3, 0.4) is 0 Å². The van der Waals surface area contributed by atoms with E-state index in [1.807, 2.05) is 6.92 Å². The van der Waals surface area contributed by atoms with Gasteiger partial charge in [0, 0.05) is 31.2 Å². The van der Waals surface area contributed by atoms with E-state index >= 15 is 0 Å². The number of hydrogen-bond acceptors (Lipinski definition) is 6. The standard InChI is InChI=1S/C25H24FN3O4S/c1-2-3-14-33-24-11-9-21(15-22(24)26)34(31,32)20-7-4-18(5-8-20)6-10-23(30)19-16-28-25-27-12-13-29(25)17-19/h4-5,7-9,11-13,15-17H,2-3,6,10,14H2,1H3. The second kappa shape index (κ2) is 10.1. The van der Waals surface area contributed by atoms with Crippen molar-refractivity contribution in [2.75, 3.05) is 6.61 Å². The number of sulfone groups is 1. The predicted octanol–water partition coefficient (Wildman–Crippen LogP) is 4.70. The third-order valence-electron chi connectivity index (χ3n) is 5.41. The van der Waals surface area contributed by atoms with Crippen LogP contribution in [0.25, 0.3) is 5.78 Å². The van der Waals surface area contributed by atoms with Gasteiger partial charge in [0.2, 0.25) is 15.6 Å². The molecule has 0 N–H and O–H groups in total. The van der Waals surface area contributed by atoms with Crippen LogP contribution in [-0.2, 0) is 16.3 Å². The number of imidazole rings is 1. The van der Waals surface area contributed by atoms with E-state index < -0.39 is 15.7 Å². The molecule has 4 rings (SSSR count). The lowest BCUT2D eigenvalue weighted by Gasteiger charge is -2.10. The lowest BCUT2D eigenvalue weighted by Crippen LogP contribution is -2.05. The highest BCUT2D eigenvalue weighted by Gasteiger charge is 2.20. The van der Waals surface area contributed by atoms with Gasteiger partial charge in [0.05, 0.1) is 22.0 Å². The van der Waals surface area contributed by atoms with E-state index in [9.17, 15) is 17.6 Å². The number of carbonyl (C=O) groups excluding carboxylic acids is 1. The summed E-state index contributed by atoms with van der Waals surface area (Å²) in [6.07, 6.45) is 8.91. The Morgan fingerprint density at radius 2 is 1.85 bits per heavy atom. The van der Waals surface area contributed by atoms with Crippen LogP contribution in [0.15, 0.2) is 77.0 Å². The van der Waals surface area contributed by atoms with Crippen LogP contribution in [0, 0.1) is 5.82 Å². The van der Waals surface area contributed by atoms with E-state index in [1.54, 1.807) is 35.1 Å². The Hall–Kier alpha value is -3.59. The van der Waals surface area contributed by atoms with Gasteiger partial charge in [-0.1, -0.05) is 25.5 Å². The van der Waals surface area contributed by atoms with Gasteiger partial charge in [-0.25, -0.2) is 22.8 Å². The number of halogens is 1. The number of aryl methyl sites for hydroxylation is 1. The van der Waals surface area contributed by atoms with Gasteiger partial charge in [0.15, 0.2) is 17.3 Å². The first kappa shape index (κ1) is 23.6. The van der Waals surface area contributed by atoms with Crippen molar-refractivity contribution in [1.29, 1.82) is 0 Å². The molecule has 0 amide bonds. The molecule has 0 fully saturated rings. The molecule has 176 valence electrons. The van der Waals surface area contributed by atoms with Crippen LogP contribution in [-0.4, -0.2) is 35.2 Å². The molecule has 0 bridgehead atoms. The van der Waals surface area contributed by atoms with Crippen molar-refractivity contribution < 1.29 is 22.3 Å². The average Bonchev–Trinajstić information content (AvgIpc) is 3.32. The second-order valence-corrected chi connectivity index (χ2v) is 9.79. The Balaban J connectivity index is 1.42. The minimum Gasteiger partial charge on any atom is -0.491 e. The monoisotopic (exact) mass is 481 g/mol. The number of benzene rings is 2. The molecule has 9 heteroatoms. The summed E-state index contributed by atoms with van der Waals surface area (Å²) in [5.41, 5.74) is 1.30. The highest BCUT2D eigenvalue weighted by atomic mass is 32.2. The van der Waals surface area contributed by atoms with Crippen LogP contribution in [0.4, 0.5) is 4.39 Å². The van der Waals surface area contributed by atoms with Crippen molar-refractivity contribution in [2.24, 2.45) is 0 Å². The third-order valence-corrected chi connectivity index (χ3v) is 7.18. The molecular weight excluding hydrogens is 457 g/mol. The van der Waals surface area contributed by atoms with E-state index in [2.05, 4.69) is 9.97 Å². The molecule has 34 heavy (non-hydrogen) atoms. The molecule has 0 aliphatic carbocycles. The number of nitrogens with zero attached hydrogens (tertiary/aromatic N) is 3. The highest BCUT2D eigenvalue weighted by Crippen LogP contribution is 2.26. The number of ether oxygens (including phenoxy) is 1. The molecule has 4 aromatic rings. The minimum atomic E-state index is -3.89. The molecule has 0 saturated carbocycles. The fourth-order valence-corrected chi connectivity index (χ4v) is 4.70. The van der Waals surface area contributed by atoms with Crippen molar-refractivity contribution >= 4 is 21.4 Å². The topological polar surface area (TPSA) is 90.6 Å². The molecule has 0 atom stereocenters. The van der Waals surface area contributed by atoms with Gasteiger partial charge in [-0.3, -0.25) is 9.20 Å². The normalized spacial score (nSPS) is 11.6.